The average molecular weight is 518 g/mol. The molecule has 0 aliphatic rings. The highest BCUT2D eigenvalue weighted by atomic mass is 79.9. The van der Waals surface area contributed by atoms with Gasteiger partial charge in [0, 0.05) is 25.5 Å². The molecule has 4 aromatic rings. The van der Waals surface area contributed by atoms with Gasteiger partial charge in [-0.05, 0) is 47.8 Å². The van der Waals surface area contributed by atoms with Crippen LogP contribution in [0.4, 0.5) is 10.1 Å². The minimum Gasteiger partial charge on any atom is -0.312 e. The van der Waals surface area contributed by atoms with Crippen LogP contribution in [0.3, 0.4) is 0 Å². The maximum atomic E-state index is 12.7. The first-order chi connectivity index (χ1) is 14.6. The number of thiazole rings is 1. The summed E-state index contributed by atoms with van der Waals surface area (Å²) in [6.07, 6.45) is 1.73. The Kier molecular flexibility index (Phi) is 6.59. The van der Waals surface area contributed by atoms with E-state index in [1.54, 1.807) is 41.8 Å². The Balaban J connectivity index is 1.61. The maximum absolute atomic E-state index is 12.7. The number of nitrogens with zero attached hydrogens (tertiary/aromatic N) is 2. The summed E-state index contributed by atoms with van der Waals surface area (Å²) in [6, 6.07) is 18.4. The Morgan fingerprint density at radius 3 is 2.57 bits per heavy atom. The van der Waals surface area contributed by atoms with E-state index in [9.17, 15) is 4.79 Å². The number of aromatic nitrogens is 1. The van der Waals surface area contributed by atoms with Crippen molar-refractivity contribution in [2.75, 3.05) is 10.7 Å². The van der Waals surface area contributed by atoms with Crippen molar-refractivity contribution in [2.24, 2.45) is 5.10 Å². The number of rotatable bonds is 6. The van der Waals surface area contributed by atoms with Crippen LogP contribution in [0, 0.1) is 0 Å². The molecule has 2 aromatic carbocycles. The number of hydrogen-bond acceptors (Lipinski definition) is 6. The summed E-state index contributed by atoms with van der Waals surface area (Å²) < 4.78 is 0.911. The van der Waals surface area contributed by atoms with E-state index in [1.807, 2.05) is 41.8 Å². The smallest absolute Gasteiger partial charge is 0.256 e. The Bertz CT molecular complexity index is 1170. The summed E-state index contributed by atoms with van der Waals surface area (Å²) in [5, 5.41) is 11.0. The summed E-state index contributed by atoms with van der Waals surface area (Å²) in [5.41, 5.74) is 4.99. The SMILES string of the molecule is O=C(Nc1sc(NN=Cc2cccs2)nc1-c1ccc(Cl)cc1)c1ccc(Br)cc1. The molecule has 0 saturated heterocycles. The van der Waals surface area contributed by atoms with E-state index in [1.165, 1.54) is 11.3 Å². The predicted octanol–water partition coefficient (Wildman–Crippen LogP) is 6.99. The van der Waals surface area contributed by atoms with Crippen LogP contribution >= 0.6 is 50.2 Å². The highest BCUT2D eigenvalue weighted by Crippen LogP contribution is 2.36. The highest BCUT2D eigenvalue weighted by Gasteiger charge is 2.16. The minimum atomic E-state index is -0.213. The lowest BCUT2D eigenvalue weighted by Crippen LogP contribution is -2.11. The molecular formula is C21H14BrClN4OS2. The normalized spacial score (nSPS) is 11.0. The summed E-state index contributed by atoms with van der Waals surface area (Å²) >= 11 is 12.3. The quantitative estimate of drug-likeness (QED) is 0.214. The Hall–Kier alpha value is -2.52. The van der Waals surface area contributed by atoms with Crippen molar-refractivity contribution in [1.82, 2.24) is 4.98 Å². The third-order valence-corrected chi connectivity index (χ3v) is 6.44. The number of halogens is 2. The van der Waals surface area contributed by atoms with E-state index in [2.05, 4.69) is 36.8 Å². The third-order valence-electron chi connectivity index (χ3n) is 3.97. The lowest BCUT2D eigenvalue weighted by molar-refractivity contribution is 0.102. The molecule has 1 amide bonds. The number of thiophene rings is 1. The molecule has 150 valence electrons. The van der Waals surface area contributed by atoms with Crippen LogP contribution in [-0.2, 0) is 0 Å². The molecule has 0 aliphatic carbocycles. The molecule has 0 aliphatic heterocycles. The number of anilines is 2. The van der Waals surface area contributed by atoms with Crippen LogP contribution in [0.1, 0.15) is 15.2 Å². The van der Waals surface area contributed by atoms with E-state index in [0.717, 1.165) is 14.9 Å². The monoisotopic (exact) mass is 516 g/mol. The van der Waals surface area contributed by atoms with Gasteiger partial charge < -0.3 is 5.32 Å². The molecule has 0 radical (unpaired) electrons. The summed E-state index contributed by atoms with van der Waals surface area (Å²) in [6.45, 7) is 0. The number of hydrogen-bond donors (Lipinski definition) is 2. The van der Waals surface area contributed by atoms with Gasteiger partial charge in [0.25, 0.3) is 5.91 Å². The number of nitrogens with one attached hydrogen (secondary N) is 2. The van der Waals surface area contributed by atoms with Crippen LogP contribution in [-0.4, -0.2) is 17.1 Å². The standard InChI is InChI=1S/C21H14BrClN4OS2/c22-15-7-3-14(4-8-15)19(28)26-20-18(13-5-9-16(23)10-6-13)25-21(30-20)27-24-12-17-2-1-11-29-17/h1-12H,(H,25,27)(H,26,28). The van der Waals surface area contributed by atoms with Crippen LogP contribution in [0.15, 0.2) is 75.6 Å². The molecule has 2 N–H and O–H groups in total. The Morgan fingerprint density at radius 2 is 1.87 bits per heavy atom. The lowest BCUT2D eigenvalue weighted by Gasteiger charge is -2.06. The first kappa shape index (κ1) is 20.7. The second-order valence-electron chi connectivity index (χ2n) is 6.05. The van der Waals surface area contributed by atoms with Crippen molar-refractivity contribution in [2.45, 2.75) is 0 Å². The van der Waals surface area contributed by atoms with Crippen LogP contribution in [0.25, 0.3) is 11.3 Å². The maximum Gasteiger partial charge on any atom is 0.256 e. The molecule has 30 heavy (non-hydrogen) atoms. The van der Waals surface area contributed by atoms with E-state index in [4.69, 9.17) is 11.6 Å². The molecule has 0 fully saturated rings. The van der Waals surface area contributed by atoms with Crippen LogP contribution in [0.2, 0.25) is 5.02 Å². The van der Waals surface area contributed by atoms with Gasteiger partial charge >= 0.3 is 0 Å². The molecule has 0 saturated carbocycles. The molecule has 5 nitrogen and oxygen atoms in total. The van der Waals surface area contributed by atoms with E-state index >= 15 is 0 Å². The molecule has 0 bridgehead atoms. The van der Waals surface area contributed by atoms with Gasteiger partial charge in [-0.1, -0.05) is 57.1 Å². The average Bonchev–Trinajstić information content (AvgIpc) is 3.39. The zero-order chi connectivity index (χ0) is 20.9. The van der Waals surface area contributed by atoms with E-state index in [-0.39, 0.29) is 5.91 Å². The molecule has 0 unspecified atom stereocenters. The molecular weight excluding hydrogens is 504 g/mol. The van der Waals surface area contributed by atoms with Gasteiger partial charge in [-0.3, -0.25) is 10.2 Å². The number of carbonyl (C=O) groups excluding carboxylic acids is 1. The molecule has 0 atom stereocenters. The lowest BCUT2D eigenvalue weighted by atomic mass is 10.1. The Labute approximate surface area is 194 Å². The fourth-order valence-corrected chi connectivity index (χ4v) is 4.36. The van der Waals surface area contributed by atoms with Gasteiger partial charge in [0.15, 0.2) is 0 Å². The van der Waals surface area contributed by atoms with Gasteiger partial charge in [0.1, 0.15) is 10.7 Å². The van der Waals surface area contributed by atoms with Crippen molar-refractivity contribution < 1.29 is 4.79 Å². The van der Waals surface area contributed by atoms with Gasteiger partial charge in [0.2, 0.25) is 5.13 Å². The first-order valence-electron chi connectivity index (χ1n) is 8.75. The van der Waals surface area contributed by atoms with Gasteiger partial charge in [-0.25, -0.2) is 4.98 Å². The second kappa shape index (κ2) is 9.53. The van der Waals surface area contributed by atoms with Crippen LogP contribution in [0.5, 0.6) is 0 Å². The predicted molar refractivity (Wildman–Crippen MR) is 130 cm³/mol. The summed E-state index contributed by atoms with van der Waals surface area (Å²) in [5.74, 6) is -0.213. The molecule has 4 rings (SSSR count). The zero-order valence-electron chi connectivity index (χ0n) is 15.3. The van der Waals surface area contributed by atoms with Crippen LogP contribution < -0.4 is 10.7 Å². The fraction of sp³-hybridized carbons (Fsp3) is 0. The summed E-state index contributed by atoms with van der Waals surface area (Å²) in [4.78, 5) is 18.4. The number of hydrazone groups is 1. The third kappa shape index (κ3) is 5.14. The van der Waals surface area contributed by atoms with Crippen molar-refractivity contribution in [1.29, 1.82) is 0 Å². The number of amides is 1. The van der Waals surface area contributed by atoms with E-state index < -0.39 is 0 Å². The van der Waals surface area contributed by atoms with Crippen molar-refractivity contribution in [3.05, 3.63) is 86.0 Å². The van der Waals surface area contributed by atoms with Gasteiger partial charge in [-0.15, -0.1) is 11.3 Å². The first-order valence-corrected chi connectivity index (χ1v) is 11.6. The highest BCUT2D eigenvalue weighted by molar-refractivity contribution is 9.10. The fourth-order valence-electron chi connectivity index (χ4n) is 2.55. The number of carbonyl (C=O) groups is 1. The largest absolute Gasteiger partial charge is 0.312 e. The molecule has 9 heteroatoms. The molecule has 2 aromatic heterocycles. The molecule has 2 heterocycles. The second-order valence-corrected chi connectivity index (χ2v) is 9.38. The summed E-state index contributed by atoms with van der Waals surface area (Å²) in [7, 11) is 0. The van der Waals surface area contributed by atoms with Crippen molar-refractivity contribution >= 4 is 72.5 Å². The van der Waals surface area contributed by atoms with Crippen molar-refractivity contribution in [3.63, 3.8) is 0 Å². The minimum absolute atomic E-state index is 0.213. The zero-order valence-corrected chi connectivity index (χ0v) is 19.3. The molecule has 0 spiro atoms. The van der Waals surface area contributed by atoms with E-state index in [0.29, 0.717) is 26.4 Å². The van der Waals surface area contributed by atoms with Gasteiger partial charge in [0.05, 0.1) is 6.21 Å². The topological polar surface area (TPSA) is 66.4 Å². The number of benzene rings is 2. The van der Waals surface area contributed by atoms with Crippen molar-refractivity contribution in [3.8, 4) is 11.3 Å². The van der Waals surface area contributed by atoms with Gasteiger partial charge in [-0.2, -0.15) is 5.10 Å². The Morgan fingerprint density at radius 1 is 1.10 bits per heavy atom.